The number of benzene rings is 1. The quantitative estimate of drug-likeness (QED) is 0.840. The predicted octanol–water partition coefficient (Wildman–Crippen LogP) is 1.04. The number of primary amides is 1. The highest BCUT2D eigenvalue weighted by Gasteiger charge is 2.40. The van der Waals surface area contributed by atoms with Gasteiger partial charge >= 0.3 is 0 Å². The summed E-state index contributed by atoms with van der Waals surface area (Å²) < 4.78 is 13.3. The van der Waals surface area contributed by atoms with Gasteiger partial charge in [-0.15, -0.1) is 0 Å². The van der Waals surface area contributed by atoms with Crippen molar-refractivity contribution in [2.45, 2.75) is 18.4 Å². The second-order valence-corrected chi connectivity index (χ2v) is 5.71. The Balaban J connectivity index is 2.20. The third-order valence-corrected chi connectivity index (χ3v) is 3.99. The number of carbonyl (C=O) groups is 2. The van der Waals surface area contributed by atoms with E-state index in [1.165, 1.54) is 23.1 Å². The zero-order chi connectivity index (χ0) is 14.9. The highest BCUT2D eigenvalue weighted by Crippen LogP contribution is 2.24. The van der Waals surface area contributed by atoms with Gasteiger partial charge in [0.15, 0.2) is 5.60 Å². The zero-order valence-electron chi connectivity index (χ0n) is 10.6. The molecule has 1 fully saturated rings. The fraction of sp³-hybridized carbons (Fsp3) is 0.385. The molecule has 20 heavy (non-hydrogen) atoms. The molecule has 1 aliphatic heterocycles. The van der Waals surface area contributed by atoms with Gasteiger partial charge in [0.05, 0.1) is 11.0 Å². The molecule has 0 bridgehead atoms. The number of piperidine rings is 1. The van der Waals surface area contributed by atoms with Crippen LogP contribution in [0.5, 0.6) is 0 Å². The second kappa shape index (κ2) is 5.49. The molecule has 1 aromatic carbocycles. The minimum Gasteiger partial charge on any atom is -0.378 e. The summed E-state index contributed by atoms with van der Waals surface area (Å²) >= 11 is 3.01. The average molecular weight is 345 g/mol. The minimum atomic E-state index is -1.69. The second-order valence-electron chi connectivity index (χ2n) is 4.85. The van der Waals surface area contributed by atoms with E-state index in [4.69, 9.17) is 5.73 Å². The molecule has 0 aliphatic carbocycles. The number of β-amino-alcohol motifs (C(OH)–C–C–N with tert-alkyl or cyclic N) is 1. The Labute approximate surface area is 123 Å². The van der Waals surface area contributed by atoms with Gasteiger partial charge in [-0.05, 0) is 47.0 Å². The van der Waals surface area contributed by atoms with E-state index in [0.717, 1.165) is 0 Å². The van der Waals surface area contributed by atoms with E-state index in [0.29, 0.717) is 13.0 Å². The van der Waals surface area contributed by atoms with E-state index in [1.54, 1.807) is 0 Å². The first kappa shape index (κ1) is 14.9. The molecule has 1 unspecified atom stereocenters. The van der Waals surface area contributed by atoms with Crippen LogP contribution in [-0.2, 0) is 4.79 Å². The molecule has 1 aliphatic rings. The van der Waals surface area contributed by atoms with Gasteiger partial charge in [-0.1, -0.05) is 0 Å². The SMILES string of the molecule is NC(=O)C1(O)CCCN(C(=O)c2ccc(F)c(Br)c2)C1. The number of halogens is 2. The van der Waals surface area contributed by atoms with Crippen molar-refractivity contribution in [1.29, 1.82) is 0 Å². The van der Waals surface area contributed by atoms with Gasteiger partial charge in [0.25, 0.3) is 11.8 Å². The van der Waals surface area contributed by atoms with Crippen molar-refractivity contribution in [2.24, 2.45) is 5.73 Å². The highest BCUT2D eigenvalue weighted by molar-refractivity contribution is 9.10. The summed E-state index contributed by atoms with van der Waals surface area (Å²) in [7, 11) is 0. The van der Waals surface area contributed by atoms with Gasteiger partial charge in [-0.25, -0.2) is 4.39 Å². The number of amides is 2. The number of rotatable bonds is 2. The van der Waals surface area contributed by atoms with Crippen molar-refractivity contribution in [3.63, 3.8) is 0 Å². The lowest BCUT2D eigenvalue weighted by molar-refractivity contribution is -0.140. The van der Waals surface area contributed by atoms with Crippen molar-refractivity contribution < 1.29 is 19.1 Å². The van der Waals surface area contributed by atoms with Crippen molar-refractivity contribution in [3.8, 4) is 0 Å². The molecule has 5 nitrogen and oxygen atoms in total. The number of likely N-dealkylation sites (tertiary alicyclic amines) is 1. The standard InChI is InChI=1S/C13H14BrFN2O3/c14-9-6-8(2-3-10(9)15)11(18)17-5-1-4-13(20,7-17)12(16)19/h2-3,6,20H,1,4-5,7H2,(H2,16,19). The number of hydrogen-bond acceptors (Lipinski definition) is 3. The van der Waals surface area contributed by atoms with Gasteiger partial charge in [-0.2, -0.15) is 0 Å². The van der Waals surface area contributed by atoms with Crippen LogP contribution in [0.15, 0.2) is 22.7 Å². The lowest BCUT2D eigenvalue weighted by Gasteiger charge is -2.37. The van der Waals surface area contributed by atoms with Crippen LogP contribution in [0, 0.1) is 5.82 Å². The summed E-state index contributed by atoms with van der Waals surface area (Å²) in [6.07, 6.45) is 0.715. The third kappa shape index (κ3) is 2.83. The Kier molecular flexibility index (Phi) is 4.10. The van der Waals surface area contributed by atoms with Gasteiger partial charge < -0.3 is 15.7 Å². The molecule has 1 aromatic rings. The topological polar surface area (TPSA) is 83.6 Å². The van der Waals surface area contributed by atoms with Gasteiger partial charge in [0, 0.05) is 12.1 Å². The molecule has 3 N–H and O–H groups in total. The Morgan fingerprint density at radius 3 is 2.75 bits per heavy atom. The molecule has 108 valence electrons. The molecule has 0 aromatic heterocycles. The van der Waals surface area contributed by atoms with E-state index >= 15 is 0 Å². The van der Waals surface area contributed by atoms with Crippen molar-refractivity contribution in [1.82, 2.24) is 4.90 Å². The van der Waals surface area contributed by atoms with Crippen LogP contribution in [0.1, 0.15) is 23.2 Å². The third-order valence-electron chi connectivity index (χ3n) is 3.38. The first-order valence-corrected chi connectivity index (χ1v) is 6.89. The summed E-state index contributed by atoms with van der Waals surface area (Å²) in [5, 5.41) is 10.1. The Hall–Kier alpha value is -1.47. The van der Waals surface area contributed by atoms with Crippen LogP contribution < -0.4 is 5.73 Å². The van der Waals surface area contributed by atoms with Crippen LogP contribution in [-0.4, -0.2) is 40.5 Å². The van der Waals surface area contributed by atoms with Crippen molar-refractivity contribution >= 4 is 27.7 Å². The Bertz CT molecular complexity index is 567. The molecular weight excluding hydrogens is 331 g/mol. The lowest BCUT2D eigenvalue weighted by Crippen LogP contribution is -2.57. The fourth-order valence-electron chi connectivity index (χ4n) is 2.22. The maximum absolute atomic E-state index is 13.2. The first-order valence-electron chi connectivity index (χ1n) is 6.10. The van der Waals surface area contributed by atoms with E-state index in [2.05, 4.69) is 15.9 Å². The van der Waals surface area contributed by atoms with Crippen LogP contribution in [0.4, 0.5) is 4.39 Å². The predicted molar refractivity (Wildman–Crippen MR) is 73.4 cm³/mol. The van der Waals surface area contributed by atoms with Crippen LogP contribution in [0.2, 0.25) is 0 Å². The molecular formula is C13H14BrFN2O3. The number of hydrogen-bond donors (Lipinski definition) is 2. The maximum atomic E-state index is 13.2. The molecule has 7 heteroatoms. The molecule has 0 radical (unpaired) electrons. The largest absolute Gasteiger partial charge is 0.378 e. The molecule has 1 atom stereocenters. The summed E-state index contributed by atoms with van der Waals surface area (Å²) in [6, 6.07) is 3.91. The average Bonchev–Trinajstić information content (AvgIpc) is 2.41. The maximum Gasteiger partial charge on any atom is 0.254 e. The molecule has 1 heterocycles. The van der Waals surface area contributed by atoms with Crippen molar-refractivity contribution in [2.75, 3.05) is 13.1 Å². The summed E-state index contributed by atoms with van der Waals surface area (Å²) in [5.41, 5.74) is 3.76. The first-order chi connectivity index (χ1) is 9.33. The van der Waals surface area contributed by atoms with E-state index in [1.807, 2.05) is 0 Å². The smallest absolute Gasteiger partial charge is 0.254 e. The van der Waals surface area contributed by atoms with Gasteiger partial charge in [-0.3, -0.25) is 9.59 Å². The number of aliphatic hydroxyl groups is 1. The fourth-order valence-corrected chi connectivity index (χ4v) is 2.60. The van der Waals surface area contributed by atoms with Crippen LogP contribution >= 0.6 is 15.9 Å². The summed E-state index contributed by atoms with van der Waals surface area (Å²) in [6.45, 7) is 0.277. The van der Waals surface area contributed by atoms with Gasteiger partial charge in [0.1, 0.15) is 5.82 Å². The van der Waals surface area contributed by atoms with E-state index < -0.39 is 17.3 Å². The number of nitrogens with zero attached hydrogens (tertiary/aromatic N) is 1. The number of nitrogens with two attached hydrogens (primary N) is 1. The van der Waals surface area contributed by atoms with Crippen LogP contribution in [0.25, 0.3) is 0 Å². The monoisotopic (exact) mass is 344 g/mol. The Morgan fingerprint density at radius 1 is 1.45 bits per heavy atom. The molecule has 0 saturated carbocycles. The summed E-state index contributed by atoms with van der Waals surface area (Å²) in [5.74, 6) is -1.67. The van der Waals surface area contributed by atoms with Crippen molar-refractivity contribution in [3.05, 3.63) is 34.1 Å². The number of carbonyl (C=O) groups excluding carboxylic acids is 2. The Morgan fingerprint density at radius 2 is 2.15 bits per heavy atom. The normalized spacial score (nSPS) is 22.6. The zero-order valence-corrected chi connectivity index (χ0v) is 12.2. The van der Waals surface area contributed by atoms with E-state index in [9.17, 15) is 19.1 Å². The molecule has 0 spiro atoms. The molecule has 2 rings (SSSR count). The molecule has 2 amide bonds. The lowest BCUT2D eigenvalue weighted by atomic mass is 9.92. The minimum absolute atomic E-state index is 0.143. The van der Waals surface area contributed by atoms with E-state index in [-0.39, 0.29) is 28.9 Å². The van der Waals surface area contributed by atoms with Crippen LogP contribution in [0.3, 0.4) is 0 Å². The highest BCUT2D eigenvalue weighted by atomic mass is 79.9. The molecule has 1 saturated heterocycles. The van der Waals surface area contributed by atoms with Gasteiger partial charge in [0.2, 0.25) is 0 Å². The summed E-state index contributed by atoms with van der Waals surface area (Å²) in [4.78, 5) is 24.9.